The van der Waals surface area contributed by atoms with Gasteiger partial charge in [0, 0.05) is 0 Å². The Balaban J connectivity index is 1.69. The van der Waals surface area contributed by atoms with Crippen molar-refractivity contribution in [1.29, 1.82) is 0 Å². The molecule has 0 aliphatic carbocycles. The number of carbonyl (C=O) groups excluding carboxylic acids is 2. The molecule has 0 aliphatic rings. The minimum atomic E-state index is -3.78. The van der Waals surface area contributed by atoms with E-state index in [1.807, 2.05) is 0 Å². The van der Waals surface area contributed by atoms with Crippen LogP contribution in [0, 0.1) is 5.82 Å². The minimum absolute atomic E-state index is 0.0156. The molecule has 144 valence electrons. The van der Waals surface area contributed by atoms with Crippen LogP contribution in [-0.2, 0) is 19.6 Å². The molecule has 0 atom stereocenters. The number of hydrogen-bond acceptors (Lipinski definition) is 6. The number of rotatable bonds is 8. The van der Waals surface area contributed by atoms with Gasteiger partial charge in [0.25, 0.3) is 5.91 Å². The third-order valence-corrected chi connectivity index (χ3v) is 4.21. The molecule has 2 rings (SSSR count). The zero-order valence-corrected chi connectivity index (χ0v) is 14.9. The summed E-state index contributed by atoms with van der Waals surface area (Å²) in [4.78, 5) is 23.3. The average molecular weight is 396 g/mol. The summed E-state index contributed by atoms with van der Waals surface area (Å²) in [5, 5.41) is 7.24. The highest BCUT2D eigenvalue weighted by molar-refractivity contribution is 7.89. The molecule has 27 heavy (non-hydrogen) atoms. The first-order valence-corrected chi connectivity index (χ1v) is 9.26. The van der Waals surface area contributed by atoms with Gasteiger partial charge in [-0.15, -0.1) is 0 Å². The van der Waals surface area contributed by atoms with Crippen molar-refractivity contribution in [3.05, 3.63) is 59.9 Å². The second kappa shape index (κ2) is 9.10. The van der Waals surface area contributed by atoms with Crippen molar-refractivity contribution in [2.24, 2.45) is 5.14 Å². The van der Waals surface area contributed by atoms with Crippen molar-refractivity contribution in [1.82, 2.24) is 5.32 Å². The Hall–Kier alpha value is -2.98. The quantitative estimate of drug-likeness (QED) is 0.503. The van der Waals surface area contributed by atoms with Crippen molar-refractivity contribution >= 4 is 21.9 Å². The third-order valence-electron chi connectivity index (χ3n) is 3.28. The van der Waals surface area contributed by atoms with Gasteiger partial charge in [-0.1, -0.05) is 12.1 Å². The summed E-state index contributed by atoms with van der Waals surface area (Å²) >= 11 is 0. The Bertz CT molecular complexity index is 915. The number of benzene rings is 2. The maximum Gasteiger partial charge on any atom is 0.325 e. The maximum atomic E-state index is 13.4. The van der Waals surface area contributed by atoms with Crippen LogP contribution in [0.1, 0.15) is 10.4 Å². The minimum Gasteiger partial charge on any atom is -0.490 e. The monoisotopic (exact) mass is 396 g/mol. The van der Waals surface area contributed by atoms with Crippen molar-refractivity contribution in [2.45, 2.75) is 4.90 Å². The van der Waals surface area contributed by atoms with Crippen LogP contribution < -0.4 is 15.2 Å². The number of nitrogens with two attached hydrogens (primary N) is 1. The lowest BCUT2D eigenvalue weighted by molar-refractivity contribution is -0.143. The fourth-order valence-corrected chi connectivity index (χ4v) is 2.50. The van der Waals surface area contributed by atoms with Crippen molar-refractivity contribution in [3.63, 3.8) is 0 Å². The largest absolute Gasteiger partial charge is 0.490 e. The topological polar surface area (TPSA) is 125 Å². The molecular weight excluding hydrogens is 379 g/mol. The highest BCUT2D eigenvalue weighted by Gasteiger charge is 2.12. The van der Waals surface area contributed by atoms with Crippen LogP contribution in [0.4, 0.5) is 4.39 Å². The summed E-state index contributed by atoms with van der Waals surface area (Å²) < 4.78 is 45.8. The number of esters is 1. The van der Waals surface area contributed by atoms with E-state index in [4.69, 9.17) is 14.6 Å². The summed E-state index contributed by atoms with van der Waals surface area (Å²) in [7, 11) is -3.78. The van der Waals surface area contributed by atoms with E-state index in [0.717, 1.165) is 6.07 Å². The van der Waals surface area contributed by atoms with Gasteiger partial charge in [0.05, 0.1) is 10.5 Å². The number of ether oxygens (including phenoxy) is 2. The normalized spacial score (nSPS) is 10.9. The highest BCUT2D eigenvalue weighted by atomic mass is 32.2. The van der Waals surface area contributed by atoms with Crippen LogP contribution >= 0.6 is 0 Å². The molecule has 0 heterocycles. The molecule has 0 saturated carbocycles. The summed E-state index contributed by atoms with van der Waals surface area (Å²) in [6.07, 6.45) is 0. The Kier molecular flexibility index (Phi) is 6.85. The number of halogens is 1. The van der Waals surface area contributed by atoms with Gasteiger partial charge >= 0.3 is 5.97 Å². The van der Waals surface area contributed by atoms with Crippen molar-refractivity contribution < 1.29 is 31.9 Å². The van der Waals surface area contributed by atoms with Gasteiger partial charge < -0.3 is 14.8 Å². The van der Waals surface area contributed by atoms with Crippen molar-refractivity contribution in [2.75, 3.05) is 19.8 Å². The smallest absolute Gasteiger partial charge is 0.325 e. The molecular formula is C17H17FN2O6S. The standard InChI is InChI=1S/C17H17FN2O6S/c18-15-4-2-1-3-14(15)17(22)20-11-16(21)26-10-9-25-12-5-7-13(8-6-12)27(19,23)24/h1-8H,9-11H2,(H,20,22)(H2,19,23,24). The van der Waals surface area contributed by atoms with E-state index in [1.54, 1.807) is 0 Å². The predicted octanol–water partition coefficient (Wildman–Crippen LogP) is 0.825. The molecule has 0 radical (unpaired) electrons. The molecule has 0 bridgehead atoms. The number of amides is 1. The number of primary sulfonamides is 1. The number of carbonyl (C=O) groups is 2. The van der Waals surface area contributed by atoms with Gasteiger partial charge in [-0.3, -0.25) is 9.59 Å². The molecule has 0 spiro atoms. The molecule has 0 aliphatic heterocycles. The van der Waals surface area contributed by atoms with Crippen molar-refractivity contribution in [3.8, 4) is 5.75 Å². The first kappa shape index (κ1) is 20.3. The summed E-state index contributed by atoms with van der Waals surface area (Å²) in [6.45, 7) is -0.497. The Labute approximate surface area is 155 Å². The fraction of sp³-hybridized carbons (Fsp3) is 0.176. The van der Waals surface area contributed by atoms with E-state index in [9.17, 15) is 22.4 Å². The number of hydrogen-bond donors (Lipinski definition) is 2. The molecule has 8 nitrogen and oxygen atoms in total. The molecule has 0 saturated heterocycles. The van der Waals surface area contributed by atoms with E-state index < -0.39 is 34.3 Å². The van der Waals surface area contributed by atoms with E-state index in [-0.39, 0.29) is 23.7 Å². The van der Waals surface area contributed by atoms with E-state index >= 15 is 0 Å². The summed E-state index contributed by atoms with van der Waals surface area (Å²) in [5.41, 5.74) is -0.170. The number of nitrogens with one attached hydrogen (secondary N) is 1. The van der Waals surface area contributed by atoms with E-state index in [2.05, 4.69) is 5.32 Å². The van der Waals surface area contributed by atoms with Crippen LogP contribution in [0.2, 0.25) is 0 Å². The van der Waals surface area contributed by atoms with Gasteiger partial charge in [-0.25, -0.2) is 17.9 Å². The Morgan fingerprint density at radius 2 is 1.70 bits per heavy atom. The first-order valence-electron chi connectivity index (χ1n) is 7.71. The van der Waals surface area contributed by atoms with Gasteiger partial charge in [-0.2, -0.15) is 0 Å². The van der Waals surface area contributed by atoms with E-state index in [0.29, 0.717) is 5.75 Å². The van der Waals surface area contributed by atoms with Crippen LogP contribution in [0.5, 0.6) is 5.75 Å². The molecule has 2 aromatic carbocycles. The molecule has 1 amide bonds. The Morgan fingerprint density at radius 1 is 1.04 bits per heavy atom. The Morgan fingerprint density at radius 3 is 2.33 bits per heavy atom. The van der Waals surface area contributed by atoms with Gasteiger partial charge in [0.15, 0.2) is 0 Å². The lowest BCUT2D eigenvalue weighted by Gasteiger charge is -2.09. The SMILES string of the molecule is NS(=O)(=O)c1ccc(OCCOC(=O)CNC(=O)c2ccccc2F)cc1. The van der Waals surface area contributed by atoms with E-state index in [1.165, 1.54) is 42.5 Å². The van der Waals surface area contributed by atoms with Crippen LogP contribution in [0.15, 0.2) is 53.4 Å². The summed E-state index contributed by atoms with van der Waals surface area (Å²) in [5.74, 6) is -1.76. The predicted molar refractivity (Wildman–Crippen MR) is 93.0 cm³/mol. The second-order valence-corrected chi connectivity index (χ2v) is 6.81. The molecule has 2 aromatic rings. The van der Waals surface area contributed by atoms with Crippen LogP contribution in [-0.4, -0.2) is 40.1 Å². The second-order valence-electron chi connectivity index (χ2n) is 5.25. The molecule has 0 aromatic heterocycles. The lowest BCUT2D eigenvalue weighted by atomic mass is 10.2. The first-order chi connectivity index (χ1) is 12.8. The van der Waals surface area contributed by atoms with Gasteiger partial charge in [0.2, 0.25) is 10.0 Å². The van der Waals surface area contributed by atoms with Gasteiger partial charge in [0.1, 0.15) is 31.3 Å². The van der Waals surface area contributed by atoms with Gasteiger partial charge in [-0.05, 0) is 36.4 Å². The summed E-state index contributed by atoms with van der Waals surface area (Å²) in [6, 6.07) is 10.8. The molecule has 3 N–H and O–H groups in total. The molecule has 10 heteroatoms. The molecule has 0 fully saturated rings. The van der Waals surface area contributed by atoms with Crippen LogP contribution in [0.25, 0.3) is 0 Å². The lowest BCUT2D eigenvalue weighted by Crippen LogP contribution is -2.31. The zero-order valence-electron chi connectivity index (χ0n) is 14.1. The fourth-order valence-electron chi connectivity index (χ4n) is 1.98. The van der Waals surface area contributed by atoms with Crippen LogP contribution in [0.3, 0.4) is 0 Å². The maximum absolute atomic E-state index is 13.4. The molecule has 0 unspecified atom stereocenters. The zero-order chi connectivity index (χ0) is 19.9. The highest BCUT2D eigenvalue weighted by Crippen LogP contribution is 2.14. The number of sulfonamides is 1. The average Bonchev–Trinajstić information content (AvgIpc) is 2.63. The third kappa shape index (κ3) is 6.35.